The monoisotopic (exact) mass is 267 g/mol. The number of halogens is 3. The Hall–Kier alpha value is -1.08. The lowest BCUT2D eigenvalue weighted by Gasteiger charge is -2.09. The standard InChI is InChI=1S/C10H12F3NO2S/c1-7-2-3-9(8(14)4-7)17(15)6-16-5-10(11,12)13/h2-4H,5-6,14H2,1H3. The molecule has 7 heteroatoms. The molecule has 0 saturated carbocycles. The van der Waals surface area contributed by atoms with E-state index >= 15 is 0 Å². The van der Waals surface area contributed by atoms with Crippen LogP contribution in [0.25, 0.3) is 0 Å². The van der Waals surface area contributed by atoms with Crippen molar-refractivity contribution in [2.24, 2.45) is 0 Å². The van der Waals surface area contributed by atoms with Crippen LogP contribution in [0.2, 0.25) is 0 Å². The summed E-state index contributed by atoms with van der Waals surface area (Å²) in [6.45, 7) is 0.397. The van der Waals surface area contributed by atoms with E-state index in [2.05, 4.69) is 4.74 Å². The Morgan fingerprint density at radius 2 is 2.06 bits per heavy atom. The van der Waals surface area contributed by atoms with Crippen molar-refractivity contribution in [3.63, 3.8) is 0 Å². The summed E-state index contributed by atoms with van der Waals surface area (Å²) in [7, 11) is -1.69. The molecule has 0 aliphatic carbocycles. The zero-order valence-electron chi connectivity index (χ0n) is 9.08. The van der Waals surface area contributed by atoms with Crippen LogP contribution < -0.4 is 5.73 Å². The molecule has 0 heterocycles. The summed E-state index contributed by atoms with van der Waals surface area (Å²) in [4.78, 5) is 0.290. The molecule has 1 atom stereocenters. The number of hydrogen-bond acceptors (Lipinski definition) is 3. The molecule has 0 saturated heterocycles. The Kier molecular flexibility index (Phi) is 4.53. The van der Waals surface area contributed by atoms with Crippen molar-refractivity contribution in [2.45, 2.75) is 18.0 Å². The van der Waals surface area contributed by atoms with Gasteiger partial charge in [-0.25, -0.2) is 0 Å². The number of alkyl halides is 3. The highest BCUT2D eigenvalue weighted by Gasteiger charge is 2.27. The number of rotatable bonds is 4. The van der Waals surface area contributed by atoms with E-state index in [0.717, 1.165) is 5.56 Å². The second-order valence-corrected chi connectivity index (χ2v) is 4.83. The van der Waals surface area contributed by atoms with Gasteiger partial charge in [-0.1, -0.05) is 6.07 Å². The van der Waals surface area contributed by atoms with Crippen molar-refractivity contribution in [1.82, 2.24) is 0 Å². The van der Waals surface area contributed by atoms with Gasteiger partial charge in [0.15, 0.2) is 0 Å². The van der Waals surface area contributed by atoms with E-state index in [0.29, 0.717) is 5.69 Å². The maximum Gasteiger partial charge on any atom is 0.411 e. The average Bonchev–Trinajstić information content (AvgIpc) is 2.15. The fraction of sp³-hybridized carbons (Fsp3) is 0.400. The molecule has 3 nitrogen and oxygen atoms in total. The van der Waals surface area contributed by atoms with Gasteiger partial charge in [-0.3, -0.25) is 4.21 Å². The zero-order valence-corrected chi connectivity index (χ0v) is 9.90. The number of aryl methyl sites for hydroxylation is 1. The molecule has 2 N–H and O–H groups in total. The molecule has 1 rings (SSSR count). The number of anilines is 1. The fourth-order valence-corrected chi connectivity index (χ4v) is 2.08. The third-order valence-electron chi connectivity index (χ3n) is 1.87. The minimum absolute atomic E-state index is 0.290. The van der Waals surface area contributed by atoms with E-state index in [4.69, 9.17) is 5.73 Å². The normalized spacial score (nSPS) is 13.6. The largest absolute Gasteiger partial charge is 0.411 e. The Morgan fingerprint density at radius 1 is 1.41 bits per heavy atom. The van der Waals surface area contributed by atoms with Crippen LogP contribution in [-0.4, -0.2) is 22.9 Å². The molecular weight excluding hydrogens is 255 g/mol. The van der Waals surface area contributed by atoms with Crippen LogP contribution in [-0.2, 0) is 15.5 Å². The predicted molar refractivity (Wildman–Crippen MR) is 58.9 cm³/mol. The van der Waals surface area contributed by atoms with Gasteiger partial charge in [-0.2, -0.15) is 13.2 Å². The van der Waals surface area contributed by atoms with Gasteiger partial charge >= 0.3 is 6.18 Å². The van der Waals surface area contributed by atoms with E-state index in [1.807, 2.05) is 6.92 Å². The first-order valence-electron chi connectivity index (χ1n) is 4.68. The summed E-state index contributed by atoms with van der Waals surface area (Å²) in [5.74, 6) is -0.521. The molecule has 0 spiro atoms. The highest BCUT2D eigenvalue weighted by molar-refractivity contribution is 7.85. The lowest BCUT2D eigenvalue weighted by atomic mass is 10.2. The molecule has 17 heavy (non-hydrogen) atoms. The Balaban J connectivity index is 2.59. The number of hydrogen-bond donors (Lipinski definition) is 1. The van der Waals surface area contributed by atoms with E-state index < -0.39 is 29.5 Å². The van der Waals surface area contributed by atoms with Gasteiger partial charge in [0.05, 0.1) is 15.7 Å². The van der Waals surface area contributed by atoms with Crippen LogP contribution in [0.3, 0.4) is 0 Å². The van der Waals surface area contributed by atoms with Crippen LogP contribution in [0.5, 0.6) is 0 Å². The van der Waals surface area contributed by atoms with Gasteiger partial charge in [-0.15, -0.1) is 0 Å². The first kappa shape index (κ1) is 14.0. The Labute approximate surface area is 99.2 Å². The lowest BCUT2D eigenvalue weighted by Crippen LogP contribution is -2.19. The quantitative estimate of drug-likeness (QED) is 0.851. The van der Waals surface area contributed by atoms with Crippen molar-refractivity contribution < 1.29 is 22.1 Å². The summed E-state index contributed by atoms with van der Waals surface area (Å²) in [5, 5.41) is 0. The minimum atomic E-state index is -4.41. The first-order valence-corrected chi connectivity index (χ1v) is 6.00. The second kappa shape index (κ2) is 5.50. The lowest BCUT2D eigenvalue weighted by molar-refractivity contribution is -0.169. The second-order valence-electron chi connectivity index (χ2n) is 3.47. The summed E-state index contributed by atoms with van der Waals surface area (Å²) in [5.41, 5.74) is 6.79. The molecule has 0 aliphatic rings. The maximum atomic E-state index is 11.8. The number of ether oxygens (including phenoxy) is 1. The van der Waals surface area contributed by atoms with Crippen molar-refractivity contribution in [3.05, 3.63) is 23.8 Å². The maximum absolute atomic E-state index is 11.8. The van der Waals surface area contributed by atoms with Crippen LogP contribution in [0.15, 0.2) is 23.1 Å². The smallest absolute Gasteiger partial charge is 0.398 e. The fourth-order valence-electron chi connectivity index (χ4n) is 1.17. The van der Waals surface area contributed by atoms with Gasteiger partial charge in [0.25, 0.3) is 0 Å². The number of nitrogens with two attached hydrogens (primary N) is 1. The highest BCUT2D eigenvalue weighted by Crippen LogP contribution is 2.19. The zero-order chi connectivity index (χ0) is 13.1. The van der Waals surface area contributed by atoms with Crippen LogP contribution in [0.4, 0.5) is 18.9 Å². The van der Waals surface area contributed by atoms with Crippen LogP contribution in [0.1, 0.15) is 5.56 Å². The minimum Gasteiger partial charge on any atom is -0.398 e. The van der Waals surface area contributed by atoms with Gasteiger partial charge < -0.3 is 10.5 Å². The third-order valence-corrected chi connectivity index (χ3v) is 3.11. The topological polar surface area (TPSA) is 52.3 Å². The van der Waals surface area contributed by atoms with Gasteiger partial charge in [-0.05, 0) is 24.6 Å². The van der Waals surface area contributed by atoms with E-state index in [1.54, 1.807) is 12.1 Å². The van der Waals surface area contributed by atoms with Gasteiger partial charge in [0.2, 0.25) is 0 Å². The van der Waals surface area contributed by atoms with Crippen molar-refractivity contribution >= 4 is 16.5 Å². The molecule has 0 bridgehead atoms. The molecule has 0 aliphatic heterocycles. The van der Waals surface area contributed by atoms with Crippen LogP contribution in [0, 0.1) is 6.92 Å². The average molecular weight is 267 g/mol. The van der Waals surface area contributed by atoms with Crippen molar-refractivity contribution in [3.8, 4) is 0 Å². The molecule has 0 aromatic heterocycles. The highest BCUT2D eigenvalue weighted by atomic mass is 32.2. The molecule has 0 fully saturated rings. The van der Waals surface area contributed by atoms with Crippen molar-refractivity contribution in [2.75, 3.05) is 18.3 Å². The predicted octanol–water partition coefficient (Wildman–Crippen LogP) is 2.22. The summed E-state index contributed by atoms with van der Waals surface area (Å²) < 4.78 is 51.3. The molecule has 1 unspecified atom stereocenters. The summed E-state index contributed by atoms with van der Waals surface area (Å²) in [6.07, 6.45) is -4.41. The molecule has 0 amide bonds. The van der Waals surface area contributed by atoms with E-state index in [9.17, 15) is 17.4 Å². The first-order chi connectivity index (χ1) is 7.79. The Bertz CT molecular complexity index is 421. The summed E-state index contributed by atoms with van der Waals surface area (Å²) >= 11 is 0. The van der Waals surface area contributed by atoms with E-state index in [-0.39, 0.29) is 4.90 Å². The number of benzene rings is 1. The molecule has 96 valence electrons. The molecule has 1 aromatic rings. The summed E-state index contributed by atoms with van der Waals surface area (Å²) in [6, 6.07) is 4.82. The van der Waals surface area contributed by atoms with Crippen molar-refractivity contribution in [1.29, 1.82) is 0 Å². The van der Waals surface area contributed by atoms with Gasteiger partial charge in [0.1, 0.15) is 12.5 Å². The SMILES string of the molecule is Cc1ccc(S(=O)COCC(F)(F)F)c(N)c1. The number of nitrogen functional groups attached to an aromatic ring is 1. The Morgan fingerprint density at radius 3 is 2.59 bits per heavy atom. The molecule has 0 radical (unpaired) electrons. The van der Waals surface area contributed by atoms with Gasteiger partial charge in [0, 0.05) is 5.69 Å². The molecule has 1 aromatic carbocycles. The molecular formula is C10H12F3NO2S. The van der Waals surface area contributed by atoms with E-state index in [1.165, 1.54) is 6.07 Å². The van der Waals surface area contributed by atoms with Crippen LogP contribution >= 0.6 is 0 Å². The third kappa shape index (κ3) is 4.74.